The minimum atomic E-state index is 0. The molecule has 0 unspecified atom stereocenters. The van der Waals surface area contributed by atoms with E-state index in [-0.39, 0.29) is 24.0 Å². The third kappa shape index (κ3) is 7.40. The molecule has 0 amide bonds. The van der Waals surface area contributed by atoms with Crippen molar-refractivity contribution in [2.24, 2.45) is 10.7 Å². The summed E-state index contributed by atoms with van der Waals surface area (Å²) in [5.41, 5.74) is 10.2. The van der Waals surface area contributed by atoms with E-state index in [1.807, 2.05) is 78.9 Å². The molecule has 0 saturated carbocycles. The van der Waals surface area contributed by atoms with Crippen LogP contribution in [0.4, 0.5) is 5.69 Å². The van der Waals surface area contributed by atoms with Gasteiger partial charge in [0.05, 0.1) is 13.2 Å². The van der Waals surface area contributed by atoms with E-state index in [4.69, 9.17) is 15.2 Å². The summed E-state index contributed by atoms with van der Waals surface area (Å²) in [4.78, 5) is 4.42. The monoisotopic (exact) mass is 503 g/mol. The molecule has 6 heteroatoms. The fraction of sp³-hybridized carbons (Fsp3) is 0.174. The van der Waals surface area contributed by atoms with E-state index < -0.39 is 0 Å². The maximum absolute atomic E-state index is 6.03. The number of nitrogens with one attached hydrogen (secondary N) is 1. The van der Waals surface area contributed by atoms with E-state index in [0.717, 1.165) is 28.1 Å². The first-order valence-electron chi connectivity index (χ1n) is 9.14. The molecular formula is C23H26IN3O2. The van der Waals surface area contributed by atoms with E-state index in [0.29, 0.717) is 25.7 Å². The fourth-order valence-corrected chi connectivity index (χ4v) is 2.71. The van der Waals surface area contributed by atoms with Crippen molar-refractivity contribution < 1.29 is 9.47 Å². The largest absolute Gasteiger partial charge is 0.489 e. The summed E-state index contributed by atoms with van der Waals surface area (Å²) in [7, 11) is 1.67. The van der Waals surface area contributed by atoms with Crippen LogP contribution in [0, 0.1) is 0 Å². The standard InChI is InChI=1S/C23H25N3O2.HI/c1-27-17-20-9-5-6-10-22(20)26-23(24)25-15-18-11-13-21(14-12-18)28-16-19-7-3-2-4-8-19;/h2-14H,15-17H2,1H3,(H3,24,25,26);1H. The molecule has 0 aliphatic heterocycles. The minimum absolute atomic E-state index is 0. The van der Waals surface area contributed by atoms with Crippen molar-refractivity contribution in [1.82, 2.24) is 0 Å². The first-order valence-corrected chi connectivity index (χ1v) is 9.14. The SMILES string of the molecule is COCc1ccccc1NC(N)=NCc1ccc(OCc2ccccc2)cc1.I. The molecule has 3 rings (SSSR count). The van der Waals surface area contributed by atoms with Crippen LogP contribution >= 0.6 is 24.0 Å². The Morgan fingerprint density at radius 1 is 0.862 bits per heavy atom. The van der Waals surface area contributed by atoms with Gasteiger partial charge in [-0.25, -0.2) is 4.99 Å². The van der Waals surface area contributed by atoms with Crippen molar-refractivity contribution in [3.8, 4) is 5.75 Å². The lowest BCUT2D eigenvalue weighted by molar-refractivity contribution is 0.185. The van der Waals surface area contributed by atoms with E-state index >= 15 is 0 Å². The maximum Gasteiger partial charge on any atom is 0.193 e. The number of benzene rings is 3. The Morgan fingerprint density at radius 3 is 2.28 bits per heavy atom. The van der Waals surface area contributed by atoms with Crippen molar-refractivity contribution in [1.29, 1.82) is 0 Å². The molecule has 0 fully saturated rings. The van der Waals surface area contributed by atoms with Gasteiger partial charge >= 0.3 is 0 Å². The molecule has 152 valence electrons. The molecule has 3 N–H and O–H groups in total. The number of halogens is 1. The first kappa shape index (κ1) is 22.7. The van der Waals surface area contributed by atoms with Crippen LogP contribution in [0.3, 0.4) is 0 Å². The molecule has 5 nitrogen and oxygen atoms in total. The number of nitrogens with two attached hydrogens (primary N) is 1. The predicted molar refractivity (Wildman–Crippen MR) is 129 cm³/mol. The third-order valence-electron chi connectivity index (χ3n) is 4.18. The van der Waals surface area contributed by atoms with Crippen LogP contribution in [0.15, 0.2) is 83.9 Å². The van der Waals surface area contributed by atoms with Gasteiger partial charge in [0, 0.05) is 18.4 Å². The van der Waals surface area contributed by atoms with Crippen molar-refractivity contribution in [2.75, 3.05) is 12.4 Å². The highest BCUT2D eigenvalue weighted by Gasteiger charge is 2.03. The summed E-state index contributed by atoms with van der Waals surface area (Å²) in [5, 5.41) is 3.14. The highest BCUT2D eigenvalue weighted by molar-refractivity contribution is 14.0. The molecule has 3 aromatic rings. The number of ether oxygens (including phenoxy) is 2. The molecule has 29 heavy (non-hydrogen) atoms. The van der Waals surface area contributed by atoms with E-state index in [1.54, 1.807) is 7.11 Å². The zero-order valence-corrected chi connectivity index (χ0v) is 18.7. The summed E-state index contributed by atoms with van der Waals surface area (Å²) >= 11 is 0. The lowest BCUT2D eigenvalue weighted by atomic mass is 10.2. The summed E-state index contributed by atoms with van der Waals surface area (Å²) in [5.74, 6) is 1.20. The van der Waals surface area contributed by atoms with Gasteiger partial charge in [0.25, 0.3) is 0 Å². The van der Waals surface area contributed by atoms with E-state index in [2.05, 4.69) is 10.3 Å². The number of anilines is 1. The summed E-state index contributed by atoms with van der Waals surface area (Å²) in [6.07, 6.45) is 0. The molecular weight excluding hydrogens is 477 g/mol. The molecule has 0 spiro atoms. The Balaban J connectivity index is 0.00000300. The van der Waals surface area contributed by atoms with Gasteiger partial charge in [-0.15, -0.1) is 24.0 Å². The quantitative estimate of drug-likeness (QED) is 0.259. The molecule has 3 aromatic carbocycles. The fourth-order valence-electron chi connectivity index (χ4n) is 2.71. The van der Waals surface area contributed by atoms with Gasteiger partial charge in [0.2, 0.25) is 0 Å². The second-order valence-corrected chi connectivity index (χ2v) is 6.33. The molecule has 0 heterocycles. The number of aliphatic imine (C=N–C) groups is 1. The highest BCUT2D eigenvalue weighted by Crippen LogP contribution is 2.17. The molecule has 0 atom stereocenters. The first-order chi connectivity index (χ1) is 13.7. The number of para-hydroxylation sites is 1. The van der Waals surface area contributed by atoms with Gasteiger partial charge in [0.1, 0.15) is 12.4 Å². The van der Waals surface area contributed by atoms with Gasteiger partial charge in [0.15, 0.2) is 5.96 Å². The average Bonchev–Trinajstić information content (AvgIpc) is 2.74. The Morgan fingerprint density at radius 2 is 1.55 bits per heavy atom. The number of rotatable bonds is 8. The summed E-state index contributed by atoms with van der Waals surface area (Å²) in [6.45, 7) is 1.56. The number of methoxy groups -OCH3 is 1. The average molecular weight is 503 g/mol. The normalized spacial score (nSPS) is 10.9. The van der Waals surface area contributed by atoms with Crippen LogP contribution in [0.1, 0.15) is 16.7 Å². The number of hydrogen-bond acceptors (Lipinski definition) is 3. The molecule has 0 aromatic heterocycles. The zero-order chi connectivity index (χ0) is 19.6. The highest BCUT2D eigenvalue weighted by atomic mass is 127. The van der Waals surface area contributed by atoms with Gasteiger partial charge in [-0.05, 0) is 29.3 Å². The lowest BCUT2D eigenvalue weighted by Gasteiger charge is -2.11. The van der Waals surface area contributed by atoms with Crippen LogP contribution in [-0.2, 0) is 24.5 Å². The van der Waals surface area contributed by atoms with Crippen molar-refractivity contribution in [3.63, 3.8) is 0 Å². The zero-order valence-electron chi connectivity index (χ0n) is 16.4. The van der Waals surface area contributed by atoms with E-state index in [9.17, 15) is 0 Å². The summed E-state index contributed by atoms with van der Waals surface area (Å²) < 4.78 is 11.0. The lowest BCUT2D eigenvalue weighted by Crippen LogP contribution is -2.23. The van der Waals surface area contributed by atoms with Crippen LogP contribution in [-0.4, -0.2) is 13.1 Å². The molecule has 0 bridgehead atoms. The second kappa shape index (κ2) is 12.1. The molecule has 0 radical (unpaired) electrons. The number of guanidine groups is 1. The molecule has 0 saturated heterocycles. The van der Waals surface area contributed by atoms with Crippen LogP contribution in [0.25, 0.3) is 0 Å². The van der Waals surface area contributed by atoms with Crippen LogP contribution < -0.4 is 15.8 Å². The van der Waals surface area contributed by atoms with Gasteiger partial charge in [-0.3, -0.25) is 0 Å². The van der Waals surface area contributed by atoms with Gasteiger partial charge < -0.3 is 20.5 Å². The second-order valence-electron chi connectivity index (χ2n) is 6.33. The minimum Gasteiger partial charge on any atom is -0.489 e. The summed E-state index contributed by atoms with van der Waals surface area (Å²) in [6, 6.07) is 25.9. The van der Waals surface area contributed by atoms with Crippen LogP contribution in [0.5, 0.6) is 5.75 Å². The number of nitrogens with zero attached hydrogens (tertiary/aromatic N) is 1. The number of hydrogen-bond donors (Lipinski definition) is 2. The Kier molecular flexibility index (Phi) is 9.46. The van der Waals surface area contributed by atoms with Crippen LogP contribution in [0.2, 0.25) is 0 Å². The smallest absolute Gasteiger partial charge is 0.193 e. The van der Waals surface area contributed by atoms with Gasteiger partial charge in [-0.1, -0.05) is 60.7 Å². The van der Waals surface area contributed by atoms with Crippen molar-refractivity contribution in [2.45, 2.75) is 19.8 Å². The predicted octanol–water partition coefficient (Wildman–Crippen LogP) is 4.96. The van der Waals surface area contributed by atoms with Crippen molar-refractivity contribution in [3.05, 3.63) is 95.6 Å². The molecule has 0 aliphatic rings. The Hall–Kier alpha value is -2.58. The Bertz CT molecular complexity index is 900. The topological polar surface area (TPSA) is 68.9 Å². The van der Waals surface area contributed by atoms with Gasteiger partial charge in [-0.2, -0.15) is 0 Å². The maximum atomic E-state index is 6.03. The molecule has 0 aliphatic carbocycles. The van der Waals surface area contributed by atoms with E-state index in [1.165, 1.54) is 0 Å². The third-order valence-corrected chi connectivity index (χ3v) is 4.18. The Labute approximate surface area is 189 Å². The van der Waals surface area contributed by atoms with Crippen molar-refractivity contribution >= 4 is 35.6 Å².